The first-order valence-corrected chi connectivity index (χ1v) is 5.19. The van der Waals surface area contributed by atoms with Crippen LogP contribution in [0, 0.1) is 0 Å². The van der Waals surface area contributed by atoms with Crippen molar-refractivity contribution in [2.45, 2.75) is 18.9 Å². The van der Waals surface area contributed by atoms with Gasteiger partial charge in [0.15, 0.2) is 0 Å². The molecule has 0 amide bonds. The first-order chi connectivity index (χ1) is 7.58. The number of rotatable bonds is 3. The number of aliphatic hydroxyl groups is 1. The second kappa shape index (κ2) is 4.06. The summed E-state index contributed by atoms with van der Waals surface area (Å²) in [5.74, 6) is 0. The molecule has 1 atom stereocenters. The van der Waals surface area contributed by atoms with Crippen LogP contribution in [0.1, 0.15) is 18.2 Å². The van der Waals surface area contributed by atoms with E-state index < -0.39 is 5.60 Å². The molecule has 16 heavy (non-hydrogen) atoms. The molecule has 0 radical (unpaired) electrons. The van der Waals surface area contributed by atoms with E-state index in [1.165, 1.54) is 0 Å². The molecule has 4 heteroatoms. The number of nitrogens with zero attached hydrogens (tertiary/aromatic N) is 3. The van der Waals surface area contributed by atoms with Crippen molar-refractivity contribution in [3.05, 3.63) is 48.0 Å². The van der Waals surface area contributed by atoms with Gasteiger partial charge in [0.2, 0.25) is 0 Å². The molecule has 1 N–H and O–H groups in total. The van der Waals surface area contributed by atoms with Crippen LogP contribution >= 0.6 is 0 Å². The first kappa shape index (κ1) is 10.8. The zero-order chi connectivity index (χ0) is 11.6. The smallest absolute Gasteiger partial charge is 0.0939 e. The van der Waals surface area contributed by atoms with Crippen molar-refractivity contribution in [1.29, 1.82) is 0 Å². The predicted octanol–water partition coefficient (Wildman–Crippen LogP) is 1.27. The average Bonchev–Trinajstić information content (AvgIpc) is 2.64. The quantitative estimate of drug-likeness (QED) is 0.842. The highest BCUT2D eigenvalue weighted by Crippen LogP contribution is 2.23. The van der Waals surface area contributed by atoms with Crippen LogP contribution in [0.15, 0.2) is 36.8 Å². The molecular formula is C12H15N3O. The van der Waals surface area contributed by atoms with Crippen LogP contribution in [0.4, 0.5) is 0 Å². The molecule has 0 aliphatic carbocycles. The van der Waals surface area contributed by atoms with Crippen LogP contribution in [-0.4, -0.2) is 19.9 Å². The van der Waals surface area contributed by atoms with E-state index in [0.29, 0.717) is 6.42 Å². The van der Waals surface area contributed by atoms with Crippen molar-refractivity contribution in [2.24, 2.45) is 7.05 Å². The number of hydrogen-bond donors (Lipinski definition) is 1. The molecule has 0 spiro atoms. The summed E-state index contributed by atoms with van der Waals surface area (Å²) < 4.78 is 1.73. The zero-order valence-corrected chi connectivity index (χ0v) is 9.46. The fraction of sp³-hybridized carbons (Fsp3) is 0.333. The summed E-state index contributed by atoms with van der Waals surface area (Å²) in [6.45, 7) is 1.78. The van der Waals surface area contributed by atoms with Crippen LogP contribution in [0.25, 0.3) is 0 Å². The van der Waals surface area contributed by atoms with E-state index in [9.17, 15) is 5.11 Å². The van der Waals surface area contributed by atoms with Gasteiger partial charge >= 0.3 is 0 Å². The lowest BCUT2D eigenvalue weighted by Gasteiger charge is -2.22. The molecule has 2 aromatic rings. The Labute approximate surface area is 94.6 Å². The molecule has 0 aromatic carbocycles. The number of aryl methyl sites for hydroxylation is 1. The molecule has 0 aliphatic rings. The Bertz CT molecular complexity index is 462. The lowest BCUT2D eigenvalue weighted by atomic mass is 9.92. The third-order valence-electron chi connectivity index (χ3n) is 2.58. The van der Waals surface area contributed by atoms with Gasteiger partial charge in [0, 0.05) is 37.6 Å². The first-order valence-electron chi connectivity index (χ1n) is 5.19. The Kier molecular flexibility index (Phi) is 2.75. The summed E-state index contributed by atoms with van der Waals surface area (Å²) in [5.41, 5.74) is 0.750. The summed E-state index contributed by atoms with van der Waals surface area (Å²) in [6.07, 6.45) is 5.73. The minimum atomic E-state index is -0.928. The summed E-state index contributed by atoms with van der Waals surface area (Å²) in [6, 6.07) is 5.60. The fourth-order valence-corrected chi connectivity index (χ4v) is 1.69. The fourth-order valence-electron chi connectivity index (χ4n) is 1.69. The van der Waals surface area contributed by atoms with Crippen LogP contribution in [0.3, 0.4) is 0 Å². The number of pyridine rings is 1. The maximum absolute atomic E-state index is 10.4. The van der Waals surface area contributed by atoms with Crippen LogP contribution in [0.2, 0.25) is 0 Å². The van der Waals surface area contributed by atoms with Gasteiger partial charge < -0.3 is 5.11 Å². The second-order valence-electron chi connectivity index (χ2n) is 4.17. The van der Waals surface area contributed by atoms with Gasteiger partial charge in [-0.25, -0.2) is 0 Å². The van der Waals surface area contributed by atoms with Crippen molar-refractivity contribution in [1.82, 2.24) is 14.8 Å². The molecule has 2 aromatic heterocycles. The van der Waals surface area contributed by atoms with E-state index in [0.717, 1.165) is 11.3 Å². The molecule has 0 bridgehead atoms. The lowest BCUT2D eigenvalue weighted by Crippen LogP contribution is -2.24. The number of hydrogen-bond acceptors (Lipinski definition) is 3. The molecule has 1 unspecified atom stereocenters. The predicted molar refractivity (Wildman–Crippen MR) is 60.7 cm³/mol. The standard InChI is InChI=1S/C12H15N3O/c1-12(16,10-4-3-6-13-9-10)8-11-5-7-15(2)14-11/h3-7,9,16H,8H2,1-2H3. The molecule has 0 saturated heterocycles. The Morgan fingerprint density at radius 3 is 2.81 bits per heavy atom. The van der Waals surface area contributed by atoms with Gasteiger partial charge in [0.1, 0.15) is 0 Å². The SMILES string of the molecule is Cn1ccc(CC(C)(O)c2cccnc2)n1. The summed E-state index contributed by atoms with van der Waals surface area (Å²) in [7, 11) is 1.86. The van der Waals surface area contributed by atoms with Gasteiger partial charge in [-0.2, -0.15) is 5.10 Å². The summed E-state index contributed by atoms with van der Waals surface area (Å²) in [4.78, 5) is 4.01. The van der Waals surface area contributed by atoms with Crippen LogP contribution in [-0.2, 0) is 19.1 Å². The Hall–Kier alpha value is -1.68. The maximum Gasteiger partial charge on any atom is 0.0939 e. The van der Waals surface area contributed by atoms with Gasteiger partial charge in [0.05, 0.1) is 11.3 Å². The van der Waals surface area contributed by atoms with Crippen molar-refractivity contribution in [3.63, 3.8) is 0 Å². The van der Waals surface area contributed by atoms with Gasteiger partial charge in [-0.05, 0) is 19.1 Å². The molecule has 84 valence electrons. The van der Waals surface area contributed by atoms with Crippen molar-refractivity contribution >= 4 is 0 Å². The Morgan fingerprint density at radius 2 is 2.25 bits per heavy atom. The third-order valence-corrected chi connectivity index (χ3v) is 2.58. The van der Waals surface area contributed by atoms with Crippen LogP contribution in [0.5, 0.6) is 0 Å². The van der Waals surface area contributed by atoms with E-state index in [2.05, 4.69) is 10.1 Å². The van der Waals surface area contributed by atoms with E-state index in [1.807, 2.05) is 31.4 Å². The van der Waals surface area contributed by atoms with Crippen molar-refractivity contribution in [3.8, 4) is 0 Å². The van der Waals surface area contributed by atoms with E-state index in [-0.39, 0.29) is 0 Å². The molecule has 2 rings (SSSR count). The van der Waals surface area contributed by atoms with E-state index in [4.69, 9.17) is 0 Å². The monoisotopic (exact) mass is 217 g/mol. The Morgan fingerprint density at radius 1 is 1.44 bits per heavy atom. The molecule has 0 saturated carbocycles. The zero-order valence-electron chi connectivity index (χ0n) is 9.46. The lowest BCUT2D eigenvalue weighted by molar-refractivity contribution is 0.0561. The van der Waals surface area contributed by atoms with Crippen molar-refractivity contribution < 1.29 is 5.11 Å². The second-order valence-corrected chi connectivity index (χ2v) is 4.17. The highest BCUT2D eigenvalue weighted by Gasteiger charge is 2.24. The molecular weight excluding hydrogens is 202 g/mol. The minimum Gasteiger partial charge on any atom is -0.385 e. The molecule has 4 nitrogen and oxygen atoms in total. The van der Waals surface area contributed by atoms with Gasteiger partial charge in [0.25, 0.3) is 0 Å². The largest absolute Gasteiger partial charge is 0.385 e. The van der Waals surface area contributed by atoms with Gasteiger partial charge in [-0.15, -0.1) is 0 Å². The highest BCUT2D eigenvalue weighted by atomic mass is 16.3. The van der Waals surface area contributed by atoms with Crippen LogP contribution < -0.4 is 0 Å². The summed E-state index contributed by atoms with van der Waals surface area (Å²) >= 11 is 0. The molecule has 0 aliphatic heterocycles. The van der Waals surface area contributed by atoms with Crippen molar-refractivity contribution in [2.75, 3.05) is 0 Å². The minimum absolute atomic E-state index is 0.486. The number of aromatic nitrogens is 3. The summed E-state index contributed by atoms with van der Waals surface area (Å²) in [5, 5.41) is 14.6. The van der Waals surface area contributed by atoms with E-state index >= 15 is 0 Å². The average molecular weight is 217 g/mol. The van der Waals surface area contributed by atoms with Gasteiger partial charge in [-0.3, -0.25) is 9.67 Å². The molecule has 0 fully saturated rings. The molecule has 2 heterocycles. The normalized spacial score (nSPS) is 14.7. The topological polar surface area (TPSA) is 50.9 Å². The van der Waals surface area contributed by atoms with E-state index in [1.54, 1.807) is 24.0 Å². The Balaban J connectivity index is 2.20. The third kappa shape index (κ3) is 2.28. The maximum atomic E-state index is 10.4. The highest BCUT2D eigenvalue weighted by molar-refractivity contribution is 5.19. The van der Waals surface area contributed by atoms with Gasteiger partial charge in [-0.1, -0.05) is 6.07 Å².